The van der Waals surface area contributed by atoms with Crippen LogP contribution in [0, 0.1) is 24.5 Å². The molecule has 9 heteroatoms. The van der Waals surface area contributed by atoms with E-state index >= 15 is 0 Å². The molecule has 2 aromatic carbocycles. The van der Waals surface area contributed by atoms with Gasteiger partial charge < -0.3 is 19.9 Å². The number of carbonyl (C=O) groups excluding carboxylic acids is 2. The van der Waals surface area contributed by atoms with E-state index in [0.29, 0.717) is 30.5 Å². The first-order chi connectivity index (χ1) is 17.7. The van der Waals surface area contributed by atoms with Crippen LogP contribution in [0.25, 0.3) is 11.1 Å². The van der Waals surface area contributed by atoms with Crippen LogP contribution in [0.15, 0.2) is 55.0 Å². The van der Waals surface area contributed by atoms with E-state index in [1.807, 2.05) is 27.0 Å². The van der Waals surface area contributed by atoms with E-state index in [1.165, 1.54) is 18.2 Å². The lowest BCUT2D eigenvalue weighted by Crippen LogP contribution is -2.49. The number of nitrogens with zero attached hydrogens (tertiary/aromatic N) is 3. The third kappa shape index (κ3) is 5.56. The molecule has 37 heavy (non-hydrogen) atoms. The molecule has 0 unspecified atom stereocenters. The van der Waals surface area contributed by atoms with Gasteiger partial charge in [-0.25, -0.2) is 13.8 Å². The number of imidazole rings is 1. The molecule has 2 heterocycles. The summed E-state index contributed by atoms with van der Waals surface area (Å²) >= 11 is 0. The van der Waals surface area contributed by atoms with Crippen molar-refractivity contribution >= 4 is 11.8 Å². The number of aryl methyl sites for hydroxylation is 1. The fourth-order valence-electron chi connectivity index (χ4n) is 4.98. The fraction of sp³-hybridized carbons (Fsp3) is 0.393. The van der Waals surface area contributed by atoms with Crippen molar-refractivity contribution in [3.63, 3.8) is 0 Å². The van der Waals surface area contributed by atoms with Gasteiger partial charge in [-0.3, -0.25) is 9.59 Å². The van der Waals surface area contributed by atoms with Crippen molar-refractivity contribution in [2.75, 3.05) is 13.2 Å². The van der Waals surface area contributed by atoms with Crippen molar-refractivity contribution in [2.45, 2.75) is 51.7 Å². The smallest absolute Gasteiger partial charge is 0.246 e. The first-order valence-corrected chi connectivity index (χ1v) is 12.5. The monoisotopic (exact) mass is 510 g/mol. The van der Waals surface area contributed by atoms with Crippen LogP contribution < -0.4 is 5.32 Å². The summed E-state index contributed by atoms with van der Waals surface area (Å²) < 4.78 is 30.1. The van der Waals surface area contributed by atoms with Crippen molar-refractivity contribution < 1.29 is 23.5 Å². The Labute approximate surface area is 215 Å². The number of amides is 2. The number of hydrogen-bond acceptors (Lipinski definition) is 4. The standard InChI is InChI=1S/C28H32F2N4O3/c1-17(2)26(33-14-18(3)31-16-33)28(37)34-13-5-8-24(34)27(36)32-23(15-35)19-9-11-20(12-10-19)25-21(29)6-4-7-22(25)30/h4,6-7,9-12,14,16-17,23-24,26,35H,5,8,13,15H2,1-3H3,(H,32,36)/t23-,24-,26-/m0/s1. The molecule has 0 radical (unpaired) electrons. The molecule has 1 aliphatic heterocycles. The lowest BCUT2D eigenvalue weighted by Gasteiger charge is -2.31. The third-order valence-electron chi connectivity index (χ3n) is 6.84. The predicted octanol–water partition coefficient (Wildman–Crippen LogP) is 4.17. The lowest BCUT2D eigenvalue weighted by molar-refractivity contribution is -0.142. The van der Waals surface area contributed by atoms with Gasteiger partial charge >= 0.3 is 0 Å². The number of carbonyl (C=O) groups is 2. The number of nitrogens with one attached hydrogen (secondary N) is 1. The molecule has 0 spiro atoms. The van der Waals surface area contributed by atoms with Crippen LogP contribution in [-0.4, -0.2) is 50.6 Å². The Balaban J connectivity index is 1.49. The zero-order valence-corrected chi connectivity index (χ0v) is 21.2. The van der Waals surface area contributed by atoms with Gasteiger partial charge in [0.2, 0.25) is 11.8 Å². The SMILES string of the molecule is Cc1cn([C@H](C(=O)N2CCC[C@H]2C(=O)N[C@@H](CO)c2ccc(-c3c(F)cccc3F)cc2)C(C)C)cn1. The molecule has 1 saturated heterocycles. The molecule has 2 N–H and O–H groups in total. The van der Waals surface area contributed by atoms with E-state index < -0.39 is 29.8 Å². The Hall–Kier alpha value is -3.59. The minimum absolute atomic E-state index is 0.00611. The molecule has 1 fully saturated rings. The van der Waals surface area contributed by atoms with Gasteiger partial charge in [-0.05, 0) is 48.9 Å². The highest BCUT2D eigenvalue weighted by molar-refractivity contribution is 5.90. The number of rotatable bonds is 8. The number of likely N-dealkylation sites (tertiary alicyclic amines) is 1. The summed E-state index contributed by atoms with van der Waals surface area (Å²) in [7, 11) is 0. The highest BCUT2D eigenvalue weighted by atomic mass is 19.1. The molecule has 0 saturated carbocycles. The molecular weight excluding hydrogens is 478 g/mol. The van der Waals surface area contributed by atoms with Gasteiger partial charge in [0.1, 0.15) is 23.7 Å². The summed E-state index contributed by atoms with van der Waals surface area (Å²) in [5, 5.41) is 12.9. The molecule has 3 aromatic rings. The van der Waals surface area contributed by atoms with Crippen molar-refractivity contribution in [3.05, 3.63) is 77.9 Å². The van der Waals surface area contributed by atoms with E-state index in [2.05, 4.69) is 10.3 Å². The van der Waals surface area contributed by atoms with Gasteiger partial charge in [0.05, 0.1) is 30.2 Å². The Kier molecular flexibility index (Phi) is 8.02. The molecule has 0 bridgehead atoms. The lowest BCUT2D eigenvalue weighted by atomic mass is 9.99. The van der Waals surface area contributed by atoms with E-state index in [0.717, 1.165) is 5.69 Å². The quantitative estimate of drug-likeness (QED) is 0.476. The minimum Gasteiger partial charge on any atom is -0.394 e. The summed E-state index contributed by atoms with van der Waals surface area (Å²) in [6.07, 6.45) is 4.69. The number of aromatic nitrogens is 2. The molecular formula is C28H32F2N4O3. The first kappa shape index (κ1) is 26.5. The first-order valence-electron chi connectivity index (χ1n) is 12.5. The van der Waals surface area contributed by atoms with Crippen molar-refractivity contribution in [3.8, 4) is 11.1 Å². The largest absolute Gasteiger partial charge is 0.394 e. The highest BCUT2D eigenvalue weighted by Crippen LogP contribution is 2.29. The zero-order chi connectivity index (χ0) is 26.7. The van der Waals surface area contributed by atoms with Crippen LogP contribution in [-0.2, 0) is 9.59 Å². The Morgan fingerprint density at radius 1 is 1.14 bits per heavy atom. The van der Waals surface area contributed by atoms with Gasteiger partial charge in [0, 0.05) is 12.7 Å². The highest BCUT2D eigenvalue weighted by Gasteiger charge is 2.39. The third-order valence-corrected chi connectivity index (χ3v) is 6.84. The van der Waals surface area contributed by atoms with Crippen molar-refractivity contribution in [1.82, 2.24) is 19.8 Å². The van der Waals surface area contributed by atoms with Crippen LogP contribution in [0.4, 0.5) is 8.78 Å². The van der Waals surface area contributed by atoms with Crippen LogP contribution in [0.2, 0.25) is 0 Å². The maximum Gasteiger partial charge on any atom is 0.246 e. The normalized spacial score (nSPS) is 17.2. The number of aliphatic hydroxyl groups excluding tert-OH is 1. The average Bonchev–Trinajstić information content (AvgIpc) is 3.52. The van der Waals surface area contributed by atoms with E-state index in [4.69, 9.17) is 0 Å². The van der Waals surface area contributed by atoms with Crippen LogP contribution in [0.1, 0.15) is 50.0 Å². The summed E-state index contributed by atoms with van der Waals surface area (Å²) in [4.78, 5) is 32.7. The van der Waals surface area contributed by atoms with Gasteiger partial charge in [-0.1, -0.05) is 44.2 Å². The van der Waals surface area contributed by atoms with Crippen LogP contribution in [0.3, 0.4) is 0 Å². The predicted molar refractivity (Wildman–Crippen MR) is 135 cm³/mol. The maximum absolute atomic E-state index is 14.2. The van der Waals surface area contributed by atoms with E-state index in [9.17, 15) is 23.5 Å². The Morgan fingerprint density at radius 3 is 2.38 bits per heavy atom. The van der Waals surface area contributed by atoms with Crippen LogP contribution >= 0.6 is 0 Å². The summed E-state index contributed by atoms with van der Waals surface area (Å²) in [5.41, 5.74) is 1.61. The summed E-state index contributed by atoms with van der Waals surface area (Å²) in [6, 6.07) is 8.17. The molecule has 0 aliphatic carbocycles. The van der Waals surface area contributed by atoms with Gasteiger partial charge in [-0.2, -0.15) is 0 Å². The molecule has 196 valence electrons. The second kappa shape index (κ2) is 11.2. The Bertz CT molecular complexity index is 1240. The Morgan fingerprint density at radius 2 is 1.81 bits per heavy atom. The molecule has 2 amide bonds. The molecule has 4 rings (SSSR count). The second-order valence-corrected chi connectivity index (χ2v) is 9.80. The average molecular weight is 511 g/mol. The zero-order valence-electron chi connectivity index (χ0n) is 21.2. The molecule has 3 atom stereocenters. The summed E-state index contributed by atoms with van der Waals surface area (Å²) in [6.45, 7) is 5.88. The molecule has 7 nitrogen and oxygen atoms in total. The summed E-state index contributed by atoms with van der Waals surface area (Å²) in [5.74, 6) is -1.83. The van der Waals surface area contributed by atoms with Crippen LogP contribution in [0.5, 0.6) is 0 Å². The van der Waals surface area contributed by atoms with E-state index in [1.54, 1.807) is 40.1 Å². The van der Waals surface area contributed by atoms with Gasteiger partial charge in [-0.15, -0.1) is 0 Å². The topological polar surface area (TPSA) is 87.5 Å². The number of hydrogen-bond donors (Lipinski definition) is 2. The van der Waals surface area contributed by atoms with Crippen molar-refractivity contribution in [2.24, 2.45) is 5.92 Å². The molecule has 1 aliphatic rings. The van der Waals surface area contributed by atoms with Gasteiger partial charge in [0.25, 0.3) is 0 Å². The fourth-order valence-corrected chi connectivity index (χ4v) is 4.98. The molecule has 1 aromatic heterocycles. The van der Waals surface area contributed by atoms with E-state index in [-0.39, 0.29) is 29.9 Å². The number of aliphatic hydroxyl groups is 1. The minimum atomic E-state index is -0.734. The maximum atomic E-state index is 14.2. The number of halogens is 2. The van der Waals surface area contributed by atoms with Gasteiger partial charge in [0.15, 0.2) is 0 Å². The van der Waals surface area contributed by atoms with Crippen molar-refractivity contribution in [1.29, 1.82) is 0 Å². The second-order valence-electron chi connectivity index (χ2n) is 9.80. The number of benzene rings is 2.